The molecule has 0 aliphatic carbocycles. The highest BCUT2D eigenvalue weighted by Gasteiger charge is 2.18. The van der Waals surface area contributed by atoms with Crippen molar-refractivity contribution >= 4 is 22.4 Å². The van der Waals surface area contributed by atoms with Crippen LogP contribution >= 0.6 is 11.3 Å². The molecule has 36 heavy (non-hydrogen) atoms. The molecule has 3 aromatic heterocycles. The van der Waals surface area contributed by atoms with E-state index in [2.05, 4.69) is 42.5 Å². The number of benzene rings is 1. The van der Waals surface area contributed by atoms with Crippen LogP contribution in [0, 0.1) is 0 Å². The molecule has 1 saturated heterocycles. The Morgan fingerprint density at radius 3 is 2.61 bits per heavy atom. The Balaban J connectivity index is 1.21. The summed E-state index contributed by atoms with van der Waals surface area (Å²) >= 11 is 1.30. The highest BCUT2D eigenvalue weighted by Crippen LogP contribution is 2.27. The van der Waals surface area contributed by atoms with Crippen molar-refractivity contribution in [2.75, 3.05) is 38.2 Å². The van der Waals surface area contributed by atoms with Gasteiger partial charge in [0.05, 0.1) is 18.8 Å². The highest BCUT2D eigenvalue weighted by atomic mass is 32.1. The second-order valence-corrected chi connectivity index (χ2v) is 9.22. The number of nitrogens with one attached hydrogen (secondary N) is 1. The lowest BCUT2D eigenvalue weighted by molar-refractivity contribution is 0.0314. The molecule has 1 aliphatic heterocycles. The fourth-order valence-corrected chi connectivity index (χ4v) is 4.61. The molecule has 1 atom stereocenters. The number of carbonyl (C=O) groups excluding carboxylic acids is 1. The average molecular weight is 503 g/mol. The molecule has 0 spiro atoms. The molecule has 0 bridgehead atoms. The average Bonchev–Trinajstić information content (AvgIpc) is 3.41. The predicted octanol–water partition coefficient (Wildman–Crippen LogP) is 4.09. The van der Waals surface area contributed by atoms with Gasteiger partial charge in [0.15, 0.2) is 0 Å². The van der Waals surface area contributed by atoms with Crippen molar-refractivity contribution in [3.63, 3.8) is 0 Å². The summed E-state index contributed by atoms with van der Waals surface area (Å²) in [5.41, 5.74) is 2.40. The van der Waals surface area contributed by atoms with Crippen LogP contribution in [0.25, 0.3) is 10.6 Å². The first-order valence-corrected chi connectivity index (χ1v) is 12.6. The van der Waals surface area contributed by atoms with E-state index >= 15 is 0 Å². The fraction of sp³-hybridized carbons (Fsp3) is 0.269. The van der Waals surface area contributed by atoms with Crippen molar-refractivity contribution in [3.8, 4) is 16.5 Å². The fourth-order valence-electron chi connectivity index (χ4n) is 3.87. The molecule has 1 aromatic carbocycles. The van der Waals surface area contributed by atoms with Crippen LogP contribution < -0.4 is 10.1 Å². The van der Waals surface area contributed by atoms with Gasteiger partial charge in [-0.3, -0.25) is 20.0 Å². The zero-order valence-corrected chi connectivity index (χ0v) is 20.4. The maximum absolute atomic E-state index is 12.7. The quantitative estimate of drug-likeness (QED) is 0.365. The third-order valence-corrected chi connectivity index (χ3v) is 6.70. The van der Waals surface area contributed by atoms with Gasteiger partial charge < -0.3 is 9.47 Å². The van der Waals surface area contributed by atoms with Crippen LogP contribution in [-0.2, 0) is 4.74 Å². The van der Waals surface area contributed by atoms with Crippen LogP contribution in [0.5, 0.6) is 5.88 Å². The van der Waals surface area contributed by atoms with Gasteiger partial charge in [-0.2, -0.15) is 0 Å². The number of carbonyl (C=O) groups is 1. The molecule has 1 amide bonds. The third-order valence-electron chi connectivity index (χ3n) is 5.82. The summed E-state index contributed by atoms with van der Waals surface area (Å²) in [5.74, 6) is 0.164. The van der Waals surface area contributed by atoms with E-state index in [1.165, 1.54) is 17.5 Å². The van der Waals surface area contributed by atoms with Crippen LogP contribution in [0.1, 0.15) is 28.4 Å². The number of amides is 1. The second-order valence-electron chi connectivity index (χ2n) is 8.25. The normalized spacial score (nSPS) is 14.8. The van der Waals surface area contributed by atoms with E-state index in [0.717, 1.165) is 50.4 Å². The molecule has 0 unspecified atom stereocenters. The lowest BCUT2D eigenvalue weighted by Gasteiger charge is -2.28. The Hall–Kier alpha value is -3.73. The molecule has 5 rings (SSSR count). The van der Waals surface area contributed by atoms with Crippen LogP contribution in [0.4, 0.5) is 5.13 Å². The molecule has 0 radical (unpaired) electrons. The van der Waals surface area contributed by atoms with Crippen molar-refractivity contribution < 1.29 is 14.3 Å². The van der Waals surface area contributed by atoms with Gasteiger partial charge in [0, 0.05) is 56.3 Å². The number of ether oxygens (including phenoxy) is 2. The van der Waals surface area contributed by atoms with Crippen molar-refractivity contribution in [1.29, 1.82) is 0 Å². The van der Waals surface area contributed by atoms with Gasteiger partial charge in [-0.1, -0.05) is 41.7 Å². The molecular weight excluding hydrogens is 476 g/mol. The number of hydrogen-bond acceptors (Lipinski definition) is 9. The van der Waals surface area contributed by atoms with Crippen molar-refractivity contribution in [1.82, 2.24) is 25.1 Å². The number of anilines is 1. The summed E-state index contributed by atoms with van der Waals surface area (Å²) in [6, 6.07) is 17.3. The van der Waals surface area contributed by atoms with E-state index in [0.29, 0.717) is 21.6 Å². The van der Waals surface area contributed by atoms with Gasteiger partial charge in [0.25, 0.3) is 5.91 Å². The zero-order chi connectivity index (χ0) is 24.6. The smallest absolute Gasteiger partial charge is 0.259 e. The maximum Gasteiger partial charge on any atom is 0.259 e. The van der Waals surface area contributed by atoms with E-state index in [9.17, 15) is 4.79 Å². The maximum atomic E-state index is 12.7. The first-order valence-electron chi connectivity index (χ1n) is 11.8. The van der Waals surface area contributed by atoms with Crippen LogP contribution in [-0.4, -0.2) is 63.8 Å². The van der Waals surface area contributed by atoms with Crippen LogP contribution in [0.15, 0.2) is 73.2 Å². The molecule has 1 aliphatic rings. The minimum absolute atomic E-state index is 0.144. The van der Waals surface area contributed by atoms with Crippen molar-refractivity contribution in [2.45, 2.75) is 12.5 Å². The number of rotatable bonds is 9. The highest BCUT2D eigenvalue weighted by molar-refractivity contribution is 7.18. The first kappa shape index (κ1) is 24.0. The Labute approximate surface area is 213 Å². The lowest BCUT2D eigenvalue weighted by atomic mass is 10.1. The number of aromatic nitrogens is 4. The molecule has 1 fully saturated rings. The topological polar surface area (TPSA) is 102 Å². The van der Waals surface area contributed by atoms with Gasteiger partial charge in [0.1, 0.15) is 11.1 Å². The summed E-state index contributed by atoms with van der Waals surface area (Å²) in [5, 5.41) is 12.1. The van der Waals surface area contributed by atoms with E-state index < -0.39 is 0 Å². The minimum atomic E-state index is -0.307. The molecule has 184 valence electrons. The van der Waals surface area contributed by atoms with Gasteiger partial charge in [-0.15, -0.1) is 10.2 Å². The number of morpholine rings is 1. The Morgan fingerprint density at radius 2 is 1.86 bits per heavy atom. The molecule has 1 N–H and O–H groups in total. The van der Waals surface area contributed by atoms with Gasteiger partial charge in [-0.25, -0.2) is 4.98 Å². The zero-order valence-electron chi connectivity index (χ0n) is 19.6. The third kappa shape index (κ3) is 6.28. The Morgan fingerprint density at radius 1 is 1.06 bits per heavy atom. The second kappa shape index (κ2) is 11.8. The van der Waals surface area contributed by atoms with E-state index in [1.54, 1.807) is 24.5 Å². The SMILES string of the molecule is O=C(Nc1nnc(-c2ccncc2)s1)c1ccc(O[C@H](CCN2CCOCC2)c2ccccc2)nc1. The Bertz CT molecular complexity index is 1250. The van der Waals surface area contributed by atoms with E-state index in [4.69, 9.17) is 9.47 Å². The molecule has 10 heteroatoms. The lowest BCUT2D eigenvalue weighted by Crippen LogP contribution is -2.37. The van der Waals surface area contributed by atoms with Crippen molar-refractivity contribution in [2.24, 2.45) is 0 Å². The predicted molar refractivity (Wildman–Crippen MR) is 137 cm³/mol. The van der Waals surface area contributed by atoms with E-state index in [1.807, 2.05) is 30.3 Å². The number of hydrogen-bond donors (Lipinski definition) is 1. The van der Waals surface area contributed by atoms with E-state index in [-0.39, 0.29) is 12.0 Å². The van der Waals surface area contributed by atoms with Gasteiger partial charge >= 0.3 is 0 Å². The molecular formula is C26H26N6O3S. The first-order chi connectivity index (χ1) is 17.7. The summed E-state index contributed by atoms with van der Waals surface area (Å²) in [6.45, 7) is 4.31. The summed E-state index contributed by atoms with van der Waals surface area (Å²) in [6.07, 6.45) is 5.57. The molecule has 0 saturated carbocycles. The van der Waals surface area contributed by atoms with Gasteiger partial charge in [0.2, 0.25) is 11.0 Å². The monoisotopic (exact) mass is 502 g/mol. The summed E-state index contributed by atoms with van der Waals surface area (Å²) < 4.78 is 11.7. The van der Waals surface area contributed by atoms with Gasteiger partial charge in [-0.05, 0) is 23.8 Å². The number of nitrogens with zero attached hydrogens (tertiary/aromatic N) is 5. The molecule has 4 heterocycles. The molecule has 9 nitrogen and oxygen atoms in total. The van der Waals surface area contributed by atoms with Crippen molar-refractivity contribution in [3.05, 3.63) is 84.3 Å². The van der Waals surface area contributed by atoms with Crippen LogP contribution in [0.3, 0.4) is 0 Å². The Kier molecular flexibility index (Phi) is 7.86. The standard InChI is InChI=1S/C26H26N6O3S/c33-24(29-26-31-30-25(36-26)20-8-11-27-12-9-20)21-6-7-23(28-18-21)35-22(19-4-2-1-3-5-19)10-13-32-14-16-34-17-15-32/h1-9,11-12,18,22H,10,13-17H2,(H,29,31,33)/t22-/m1/s1. The number of pyridine rings is 2. The van der Waals surface area contributed by atoms with Crippen LogP contribution in [0.2, 0.25) is 0 Å². The largest absolute Gasteiger partial charge is 0.469 e. The minimum Gasteiger partial charge on any atom is -0.469 e. The summed E-state index contributed by atoms with van der Waals surface area (Å²) in [4.78, 5) is 23.5. The molecule has 4 aromatic rings. The summed E-state index contributed by atoms with van der Waals surface area (Å²) in [7, 11) is 0.